The molecule has 126 valence electrons. The van der Waals surface area contributed by atoms with Crippen LogP contribution in [-0.4, -0.2) is 23.2 Å². The van der Waals surface area contributed by atoms with E-state index in [2.05, 4.69) is 0 Å². The van der Waals surface area contributed by atoms with Gasteiger partial charge in [0.25, 0.3) is 21.4 Å². The first kappa shape index (κ1) is 17.2. The second-order valence-corrected chi connectivity index (χ2v) is 7.14. The van der Waals surface area contributed by atoms with Crippen LogP contribution in [0.1, 0.15) is 0 Å². The maximum absolute atomic E-state index is 12.2. The van der Waals surface area contributed by atoms with Gasteiger partial charge in [-0.05, 0) is 23.5 Å². The molecule has 2 aromatic rings. The van der Waals surface area contributed by atoms with Crippen molar-refractivity contribution in [2.45, 2.75) is 4.21 Å². The van der Waals surface area contributed by atoms with E-state index in [-0.39, 0.29) is 0 Å². The van der Waals surface area contributed by atoms with Gasteiger partial charge in [0, 0.05) is 12.1 Å². The summed E-state index contributed by atoms with van der Waals surface area (Å²) < 4.78 is 25.8. The van der Waals surface area contributed by atoms with Crippen LogP contribution >= 0.6 is 11.3 Å². The minimum Gasteiger partial charge on any atom is -0.272 e. The van der Waals surface area contributed by atoms with Crippen molar-refractivity contribution < 1.29 is 23.2 Å². The molecule has 0 fully saturated rings. The summed E-state index contributed by atoms with van der Waals surface area (Å²) in [5.74, 6) is 0. The predicted molar refractivity (Wildman–Crippen MR) is 81.5 cm³/mol. The summed E-state index contributed by atoms with van der Waals surface area (Å²) in [7, 11) is -4.33. The summed E-state index contributed by atoms with van der Waals surface area (Å²) in [6.45, 7) is 0. The number of nitro benzene ring substituents is 2. The number of nitro groups is 3. The van der Waals surface area contributed by atoms with E-state index in [0.29, 0.717) is 17.4 Å². The molecule has 0 aliphatic carbocycles. The Hall–Kier alpha value is -3.13. The lowest BCUT2D eigenvalue weighted by Gasteiger charge is -2.06. The normalized spacial score (nSPS) is 11.0. The van der Waals surface area contributed by atoms with E-state index >= 15 is 0 Å². The second-order valence-electron chi connectivity index (χ2n) is 4.17. The highest BCUT2D eigenvalue weighted by Crippen LogP contribution is 2.33. The quantitative estimate of drug-likeness (QED) is 0.591. The molecular weight excluding hydrogens is 368 g/mol. The zero-order valence-electron chi connectivity index (χ0n) is 11.3. The molecule has 24 heavy (non-hydrogen) atoms. The van der Waals surface area contributed by atoms with E-state index in [1.807, 2.05) is 4.72 Å². The molecule has 0 radical (unpaired) electrons. The third kappa shape index (κ3) is 3.44. The van der Waals surface area contributed by atoms with E-state index < -0.39 is 51.1 Å². The summed E-state index contributed by atoms with van der Waals surface area (Å²) in [4.78, 5) is 29.6. The molecule has 14 heteroatoms. The number of nitrogens with zero attached hydrogens (tertiary/aromatic N) is 3. The van der Waals surface area contributed by atoms with Crippen LogP contribution in [0.5, 0.6) is 0 Å². The first-order valence-corrected chi connectivity index (χ1v) is 8.11. The van der Waals surface area contributed by atoms with Crippen molar-refractivity contribution in [3.63, 3.8) is 0 Å². The van der Waals surface area contributed by atoms with Crippen LogP contribution in [0.4, 0.5) is 22.1 Å². The maximum atomic E-state index is 12.2. The number of nitrogens with one attached hydrogen (secondary N) is 1. The van der Waals surface area contributed by atoms with Crippen LogP contribution < -0.4 is 4.72 Å². The molecule has 1 aromatic heterocycles. The van der Waals surface area contributed by atoms with E-state index in [0.717, 1.165) is 24.3 Å². The van der Waals surface area contributed by atoms with Gasteiger partial charge in [0.1, 0.15) is 9.90 Å². The van der Waals surface area contributed by atoms with E-state index in [9.17, 15) is 38.8 Å². The molecule has 1 N–H and O–H groups in total. The van der Waals surface area contributed by atoms with Crippen molar-refractivity contribution in [3.05, 3.63) is 60.7 Å². The maximum Gasteiger partial charge on any atom is 0.325 e. The largest absolute Gasteiger partial charge is 0.325 e. The highest BCUT2D eigenvalue weighted by Gasteiger charge is 2.26. The zero-order valence-corrected chi connectivity index (χ0v) is 12.9. The molecule has 2 rings (SSSR count). The van der Waals surface area contributed by atoms with Gasteiger partial charge in [0.2, 0.25) is 0 Å². The Morgan fingerprint density at radius 1 is 0.917 bits per heavy atom. The van der Waals surface area contributed by atoms with Crippen molar-refractivity contribution in [1.29, 1.82) is 0 Å². The monoisotopic (exact) mass is 374 g/mol. The van der Waals surface area contributed by atoms with Crippen molar-refractivity contribution >= 4 is 43.4 Å². The lowest BCUT2D eigenvalue weighted by atomic mass is 10.2. The Kier molecular flexibility index (Phi) is 4.43. The number of non-ortho nitro benzene ring substituents is 1. The average Bonchev–Trinajstić information content (AvgIpc) is 2.97. The topological polar surface area (TPSA) is 176 Å². The third-order valence-corrected chi connectivity index (χ3v) is 5.54. The number of sulfonamides is 1. The molecule has 0 unspecified atom stereocenters. The minimum absolute atomic E-state index is 0.362. The first-order chi connectivity index (χ1) is 11.1. The molecule has 12 nitrogen and oxygen atoms in total. The molecule has 1 aromatic carbocycles. The highest BCUT2D eigenvalue weighted by molar-refractivity contribution is 7.94. The molecule has 0 aliphatic heterocycles. The van der Waals surface area contributed by atoms with Crippen molar-refractivity contribution in [2.75, 3.05) is 4.72 Å². The third-order valence-electron chi connectivity index (χ3n) is 2.65. The number of hydrogen-bond acceptors (Lipinski definition) is 9. The fraction of sp³-hybridized carbons (Fsp3) is 0. The van der Waals surface area contributed by atoms with Gasteiger partial charge < -0.3 is 0 Å². The SMILES string of the molecule is O=[N+]([O-])c1ccc(NS(=O)(=O)c2ccc([N+](=O)[O-])s2)c([N+](=O)[O-])c1. The van der Waals surface area contributed by atoms with E-state index in [1.165, 1.54) is 0 Å². The van der Waals surface area contributed by atoms with Crippen molar-refractivity contribution in [1.82, 2.24) is 0 Å². The molecule has 0 atom stereocenters. The lowest BCUT2D eigenvalue weighted by molar-refractivity contribution is -0.393. The number of benzene rings is 1. The van der Waals surface area contributed by atoms with Crippen LogP contribution in [0, 0.1) is 30.3 Å². The lowest BCUT2D eigenvalue weighted by Crippen LogP contribution is -2.12. The Bertz CT molecular complexity index is 952. The molecule has 0 spiro atoms. The summed E-state index contributed by atoms with van der Waals surface area (Å²) in [5.41, 5.74) is -1.91. The first-order valence-electron chi connectivity index (χ1n) is 5.81. The van der Waals surface area contributed by atoms with Gasteiger partial charge in [-0.3, -0.25) is 35.1 Å². The standard InChI is InChI=1S/C10H6N4O8S2/c15-12(16)6-1-2-7(8(5-6)13(17)18)11-24(21,22)10-4-3-9(23-10)14(19)20/h1-5,11H. The zero-order chi connectivity index (χ0) is 18.1. The van der Waals surface area contributed by atoms with E-state index in [1.54, 1.807) is 0 Å². The Labute approximate surface area is 136 Å². The average molecular weight is 374 g/mol. The van der Waals surface area contributed by atoms with Crippen LogP contribution in [0.15, 0.2) is 34.5 Å². The molecule has 1 heterocycles. The van der Waals surface area contributed by atoms with Crippen LogP contribution in [0.2, 0.25) is 0 Å². The van der Waals surface area contributed by atoms with Gasteiger partial charge in [-0.25, -0.2) is 8.42 Å². The van der Waals surface area contributed by atoms with Gasteiger partial charge in [-0.1, -0.05) is 0 Å². The molecule has 0 saturated carbocycles. The highest BCUT2D eigenvalue weighted by atomic mass is 32.2. The van der Waals surface area contributed by atoms with Gasteiger partial charge in [-0.2, -0.15) is 0 Å². The smallest absolute Gasteiger partial charge is 0.272 e. The summed E-state index contributed by atoms with van der Waals surface area (Å²) in [6, 6.07) is 4.32. The predicted octanol–water partition coefficient (Wildman–Crippen LogP) is 2.27. The fourth-order valence-electron chi connectivity index (χ4n) is 1.62. The molecule has 0 aliphatic rings. The molecule has 0 amide bonds. The molecule has 0 bridgehead atoms. The number of thiophene rings is 1. The van der Waals surface area contributed by atoms with Crippen molar-refractivity contribution in [2.24, 2.45) is 0 Å². The summed E-state index contributed by atoms with van der Waals surface area (Å²) in [6.07, 6.45) is 0. The molecular formula is C10H6N4O8S2. The number of rotatable bonds is 6. The second kappa shape index (κ2) is 6.17. The van der Waals surface area contributed by atoms with Gasteiger partial charge in [-0.15, -0.1) is 0 Å². The van der Waals surface area contributed by atoms with Crippen LogP contribution in [0.3, 0.4) is 0 Å². The van der Waals surface area contributed by atoms with E-state index in [4.69, 9.17) is 0 Å². The van der Waals surface area contributed by atoms with Crippen LogP contribution in [0.25, 0.3) is 0 Å². The Morgan fingerprint density at radius 3 is 2.08 bits per heavy atom. The molecule has 0 saturated heterocycles. The minimum atomic E-state index is -4.33. The van der Waals surface area contributed by atoms with Gasteiger partial charge in [0.15, 0.2) is 0 Å². The van der Waals surface area contributed by atoms with Gasteiger partial charge in [0.05, 0.1) is 20.8 Å². The summed E-state index contributed by atoms with van der Waals surface area (Å²) in [5, 5.41) is 31.8. The van der Waals surface area contributed by atoms with Gasteiger partial charge >= 0.3 is 5.00 Å². The van der Waals surface area contributed by atoms with Crippen LogP contribution in [-0.2, 0) is 10.0 Å². The number of hydrogen-bond donors (Lipinski definition) is 1. The Balaban J connectivity index is 2.43. The summed E-state index contributed by atoms with van der Waals surface area (Å²) >= 11 is 0.362. The Morgan fingerprint density at radius 2 is 1.58 bits per heavy atom. The van der Waals surface area contributed by atoms with Crippen molar-refractivity contribution in [3.8, 4) is 0 Å². The number of anilines is 1. The fourth-order valence-corrected chi connectivity index (χ4v) is 3.80.